The minimum Gasteiger partial charge on any atom is -0.444 e. The Bertz CT molecular complexity index is 630. The predicted molar refractivity (Wildman–Crippen MR) is 87.6 cm³/mol. The van der Waals surface area contributed by atoms with E-state index in [4.69, 9.17) is 21.1 Å². The summed E-state index contributed by atoms with van der Waals surface area (Å²) in [5, 5.41) is -0.0384. The van der Waals surface area contributed by atoms with Crippen LogP contribution in [0.25, 0.3) is 0 Å². The standard InChI is InChI=1S/C17H21ClFNO4/c1-17(2,3)24-16(22)20-8-4-5-11(10-20)15(21)23-12-6-7-13(18)14(19)9-12/h6-7,9,11H,4-5,8,10H2,1-3H3/t11-/m0/s1. The smallest absolute Gasteiger partial charge is 0.410 e. The van der Waals surface area contributed by atoms with Gasteiger partial charge in [-0.2, -0.15) is 0 Å². The molecule has 0 aromatic heterocycles. The van der Waals surface area contributed by atoms with E-state index < -0.39 is 29.4 Å². The molecule has 2 rings (SSSR count). The first-order valence-corrected chi connectivity index (χ1v) is 8.18. The third-order valence-electron chi connectivity index (χ3n) is 3.52. The lowest BCUT2D eigenvalue weighted by atomic mass is 9.98. The van der Waals surface area contributed by atoms with Crippen LogP contribution in [0.5, 0.6) is 5.75 Å². The van der Waals surface area contributed by atoms with E-state index in [1.165, 1.54) is 17.0 Å². The van der Waals surface area contributed by atoms with Crippen LogP contribution < -0.4 is 4.74 Å². The summed E-state index contributed by atoms with van der Waals surface area (Å²) < 4.78 is 23.9. The number of nitrogens with zero attached hydrogens (tertiary/aromatic N) is 1. The molecule has 1 aromatic rings. The van der Waals surface area contributed by atoms with Gasteiger partial charge in [-0.05, 0) is 45.7 Å². The molecule has 0 bridgehead atoms. The molecule has 1 saturated heterocycles. The summed E-state index contributed by atoms with van der Waals surface area (Å²) >= 11 is 5.60. The lowest BCUT2D eigenvalue weighted by Gasteiger charge is -2.33. The van der Waals surface area contributed by atoms with Gasteiger partial charge >= 0.3 is 12.1 Å². The zero-order valence-electron chi connectivity index (χ0n) is 14.0. The SMILES string of the molecule is CC(C)(C)OC(=O)N1CCC[C@H](C(=O)Oc2ccc(Cl)c(F)c2)C1. The number of piperidine rings is 1. The van der Waals surface area contributed by atoms with Crippen LogP contribution in [-0.4, -0.2) is 35.7 Å². The summed E-state index contributed by atoms with van der Waals surface area (Å²) in [7, 11) is 0. The van der Waals surface area contributed by atoms with E-state index in [1.807, 2.05) is 0 Å². The van der Waals surface area contributed by atoms with Gasteiger partial charge in [0.25, 0.3) is 0 Å². The van der Waals surface area contributed by atoms with Crippen LogP contribution in [-0.2, 0) is 9.53 Å². The molecule has 1 amide bonds. The van der Waals surface area contributed by atoms with Crippen LogP contribution in [0.15, 0.2) is 18.2 Å². The highest BCUT2D eigenvalue weighted by atomic mass is 35.5. The molecule has 1 aliphatic rings. The van der Waals surface area contributed by atoms with Crippen LogP contribution in [0.1, 0.15) is 33.6 Å². The number of hydrogen-bond donors (Lipinski definition) is 0. The number of rotatable bonds is 2. The summed E-state index contributed by atoms with van der Waals surface area (Å²) in [5.74, 6) is -1.52. The lowest BCUT2D eigenvalue weighted by molar-refractivity contribution is -0.140. The van der Waals surface area contributed by atoms with Crippen molar-refractivity contribution >= 4 is 23.7 Å². The molecule has 0 unspecified atom stereocenters. The van der Waals surface area contributed by atoms with Crippen LogP contribution in [0.3, 0.4) is 0 Å². The molecule has 24 heavy (non-hydrogen) atoms. The van der Waals surface area contributed by atoms with Gasteiger partial charge in [0.15, 0.2) is 0 Å². The fraction of sp³-hybridized carbons (Fsp3) is 0.529. The van der Waals surface area contributed by atoms with Crippen molar-refractivity contribution in [3.05, 3.63) is 29.0 Å². The van der Waals surface area contributed by atoms with Gasteiger partial charge < -0.3 is 14.4 Å². The molecular weight excluding hydrogens is 337 g/mol. The summed E-state index contributed by atoms with van der Waals surface area (Å²) in [6.45, 7) is 6.12. The molecule has 1 heterocycles. The Hall–Kier alpha value is -1.82. The fourth-order valence-corrected chi connectivity index (χ4v) is 2.52. The summed E-state index contributed by atoms with van der Waals surface area (Å²) in [6.07, 6.45) is 0.833. The highest BCUT2D eigenvalue weighted by molar-refractivity contribution is 6.30. The molecule has 7 heteroatoms. The average Bonchev–Trinajstić information content (AvgIpc) is 2.49. The van der Waals surface area contributed by atoms with Crippen molar-refractivity contribution in [3.8, 4) is 5.75 Å². The normalized spacial score (nSPS) is 18.2. The molecule has 1 aromatic carbocycles. The van der Waals surface area contributed by atoms with E-state index >= 15 is 0 Å². The number of esters is 1. The molecule has 1 fully saturated rings. The van der Waals surface area contributed by atoms with Gasteiger partial charge in [-0.15, -0.1) is 0 Å². The molecule has 1 atom stereocenters. The van der Waals surface area contributed by atoms with Gasteiger partial charge in [-0.1, -0.05) is 11.6 Å². The Kier molecular flexibility index (Phi) is 5.70. The van der Waals surface area contributed by atoms with Gasteiger partial charge in [0, 0.05) is 19.2 Å². The zero-order chi connectivity index (χ0) is 17.9. The van der Waals surface area contributed by atoms with Gasteiger partial charge in [0.05, 0.1) is 10.9 Å². The highest BCUT2D eigenvalue weighted by Crippen LogP contribution is 2.24. The minimum absolute atomic E-state index is 0.0384. The summed E-state index contributed by atoms with van der Waals surface area (Å²) in [4.78, 5) is 25.9. The first-order valence-electron chi connectivity index (χ1n) is 7.80. The van der Waals surface area contributed by atoms with Crippen LogP contribution >= 0.6 is 11.6 Å². The third kappa shape index (κ3) is 5.09. The second-order valence-corrected chi connectivity index (χ2v) is 7.17. The number of benzene rings is 1. The van der Waals surface area contributed by atoms with E-state index in [0.717, 1.165) is 6.07 Å². The maximum Gasteiger partial charge on any atom is 0.410 e. The maximum atomic E-state index is 13.4. The fourth-order valence-electron chi connectivity index (χ4n) is 2.40. The number of likely N-dealkylation sites (tertiary alicyclic amines) is 1. The molecule has 0 saturated carbocycles. The Morgan fingerprint density at radius 2 is 2.04 bits per heavy atom. The molecule has 1 aliphatic heterocycles. The van der Waals surface area contributed by atoms with Gasteiger partial charge in [-0.3, -0.25) is 4.79 Å². The van der Waals surface area contributed by atoms with E-state index in [1.54, 1.807) is 20.8 Å². The molecule has 0 aliphatic carbocycles. The van der Waals surface area contributed by atoms with Crippen LogP contribution in [0.4, 0.5) is 9.18 Å². The van der Waals surface area contributed by atoms with E-state index in [2.05, 4.69) is 0 Å². The second-order valence-electron chi connectivity index (χ2n) is 6.76. The largest absolute Gasteiger partial charge is 0.444 e. The Labute approximate surface area is 145 Å². The van der Waals surface area contributed by atoms with E-state index in [-0.39, 0.29) is 17.3 Å². The van der Waals surface area contributed by atoms with E-state index in [9.17, 15) is 14.0 Å². The number of hydrogen-bond acceptors (Lipinski definition) is 4. The quantitative estimate of drug-likeness (QED) is 0.592. The lowest BCUT2D eigenvalue weighted by Crippen LogP contribution is -2.45. The first kappa shape index (κ1) is 18.5. The number of ether oxygens (including phenoxy) is 2. The zero-order valence-corrected chi connectivity index (χ0v) is 14.7. The second kappa shape index (κ2) is 7.38. The molecule has 5 nitrogen and oxygen atoms in total. The van der Waals surface area contributed by atoms with Crippen LogP contribution in [0.2, 0.25) is 5.02 Å². The molecule has 0 N–H and O–H groups in total. The van der Waals surface area contributed by atoms with Crippen molar-refractivity contribution in [3.63, 3.8) is 0 Å². The maximum absolute atomic E-state index is 13.4. The molecular formula is C17H21ClFNO4. The van der Waals surface area contributed by atoms with Gasteiger partial charge in [0.1, 0.15) is 17.2 Å². The predicted octanol–water partition coefficient (Wildman–Crippen LogP) is 4.03. The Morgan fingerprint density at radius 1 is 1.33 bits per heavy atom. The first-order chi connectivity index (χ1) is 11.2. The summed E-state index contributed by atoms with van der Waals surface area (Å²) in [6, 6.07) is 3.82. The Balaban J connectivity index is 1.97. The molecule has 132 valence electrons. The van der Waals surface area contributed by atoms with E-state index in [0.29, 0.717) is 19.4 Å². The third-order valence-corrected chi connectivity index (χ3v) is 3.82. The highest BCUT2D eigenvalue weighted by Gasteiger charge is 2.32. The minimum atomic E-state index is -0.652. The van der Waals surface area contributed by atoms with Crippen molar-refractivity contribution in [2.45, 2.75) is 39.2 Å². The molecule has 0 spiro atoms. The summed E-state index contributed by atoms with van der Waals surface area (Å²) in [5.41, 5.74) is -0.592. The van der Waals surface area contributed by atoms with Crippen molar-refractivity contribution in [1.82, 2.24) is 4.90 Å². The topological polar surface area (TPSA) is 55.8 Å². The monoisotopic (exact) mass is 357 g/mol. The average molecular weight is 358 g/mol. The van der Waals surface area contributed by atoms with Crippen molar-refractivity contribution in [2.24, 2.45) is 5.92 Å². The molecule has 0 radical (unpaired) electrons. The number of halogens is 2. The number of carbonyl (C=O) groups is 2. The van der Waals surface area contributed by atoms with Crippen molar-refractivity contribution in [2.75, 3.05) is 13.1 Å². The van der Waals surface area contributed by atoms with Crippen molar-refractivity contribution in [1.29, 1.82) is 0 Å². The number of amides is 1. The van der Waals surface area contributed by atoms with Crippen LogP contribution in [0, 0.1) is 11.7 Å². The Morgan fingerprint density at radius 3 is 2.67 bits per heavy atom. The number of carbonyl (C=O) groups excluding carboxylic acids is 2. The van der Waals surface area contributed by atoms with Gasteiger partial charge in [-0.25, -0.2) is 9.18 Å². The van der Waals surface area contributed by atoms with Crippen molar-refractivity contribution < 1.29 is 23.5 Å². The van der Waals surface area contributed by atoms with Gasteiger partial charge in [0.2, 0.25) is 0 Å².